The third kappa shape index (κ3) is 4.97. The summed E-state index contributed by atoms with van der Waals surface area (Å²) in [5.41, 5.74) is 1.54. The monoisotopic (exact) mass is 301 g/mol. The van der Waals surface area contributed by atoms with Gasteiger partial charge in [0.2, 0.25) is 11.8 Å². The molecule has 116 valence electrons. The predicted octanol–water partition coefficient (Wildman–Crippen LogP) is 2.36. The molecule has 0 aliphatic rings. The highest BCUT2D eigenvalue weighted by Gasteiger charge is 2.03. The zero-order chi connectivity index (χ0) is 15.8. The van der Waals surface area contributed by atoms with Crippen molar-refractivity contribution in [1.82, 2.24) is 5.32 Å². The maximum Gasteiger partial charge on any atom is 0.239 e. The van der Waals surface area contributed by atoms with E-state index >= 15 is 0 Å². The van der Waals surface area contributed by atoms with E-state index in [2.05, 4.69) is 16.0 Å². The van der Waals surface area contributed by atoms with Crippen molar-refractivity contribution in [2.75, 3.05) is 17.2 Å². The van der Waals surface area contributed by atoms with Gasteiger partial charge in [0.05, 0.1) is 19.4 Å². The van der Waals surface area contributed by atoms with E-state index in [9.17, 15) is 9.59 Å². The summed E-state index contributed by atoms with van der Waals surface area (Å²) in [7, 11) is 0. The molecule has 0 aliphatic heterocycles. The molecule has 0 radical (unpaired) electrons. The molecule has 0 bridgehead atoms. The standard InChI is InChI=1S/C16H19N3O3/c1-2-15(20)19-13-7-5-12(6-8-13)17-11-16(21)18-10-14-4-3-9-22-14/h3-9,17H,2,10-11H2,1H3,(H,18,21)(H,19,20). The van der Waals surface area contributed by atoms with E-state index < -0.39 is 0 Å². The van der Waals surface area contributed by atoms with Crippen molar-refractivity contribution in [2.24, 2.45) is 0 Å². The lowest BCUT2D eigenvalue weighted by Gasteiger charge is -2.08. The van der Waals surface area contributed by atoms with Gasteiger partial charge in [-0.2, -0.15) is 0 Å². The van der Waals surface area contributed by atoms with Crippen molar-refractivity contribution in [1.29, 1.82) is 0 Å². The smallest absolute Gasteiger partial charge is 0.239 e. The normalized spacial score (nSPS) is 10.0. The van der Waals surface area contributed by atoms with Crippen LogP contribution in [0.15, 0.2) is 47.1 Å². The van der Waals surface area contributed by atoms with Gasteiger partial charge in [-0.15, -0.1) is 0 Å². The molecule has 0 saturated heterocycles. The maximum atomic E-state index is 11.7. The number of hydrogen-bond acceptors (Lipinski definition) is 4. The van der Waals surface area contributed by atoms with Gasteiger partial charge in [-0.1, -0.05) is 6.92 Å². The highest BCUT2D eigenvalue weighted by molar-refractivity contribution is 5.90. The van der Waals surface area contributed by atoms with E-state index in [1.54, 1.807) is 37.5 Å². The number of amides is 2. The Labute approximate surface area is 128 Å². The van der Waals surface area contributed by atoms with Crippen molar-refractivity contribution in [3.05, 3.63) is 48.4 Å². The summed E-state index contributed by atoms with van der Waals surface area (Å²) < 4.78 is 5.13. The fourth-order valence-electron chi connectivity index (χ4n) is 1.76. The quantitative estimate of drug-likeness (QED) is 0.733. The fourth-order valence-corrected chi connectivity index (χ4v) is 1.76. The minimum atomic E-state index is -0.125. The van der Waals surface area contributed by atoms with Gasteiger partial charge in [0.25, 0.3) is 0 Å². The third-order valence-electron chi connectivity index (χ3n) is 2.98. The molecule has 2 amide bonds. The van der Waals surface area contributed by atoms with Crippen LogP contribution >= 0.6 is 0 Å². The number of carbonyl (C=O) groups excluding carboxylic acids is 2. The van der Waals surface area contributed by atoms with Gasteiger partial charge in [0, 0.05) is 17.8 Å². The second kappa shape index (κ2) is 7.87. The van der Waals surface area contributed by atoms with Gasteiger partial charge in [0.1, 0.15) is 5.76 Å². The highest BCUT2D eigenvalue weighted by Crippen LogP contribution is 2.13. The average Bonchev–Trinajstić information content (AvgIpc) is 3.05. The Morgan fingerprint density at radius 3 is 2.41 bits per heavy atom. The van der Waals surface area contributed by atoms with E-state index in [4.69, 9.17) is 4.42 Å². The zero-order valence-electron chi connectivity index (χ0n) is 12.4. The van der Waals surface area contributed by atoms with Gasteiger partial charge in [-0.25, -0.2) is 0 Å². The lowest BCUT2D eigenvalue weighted by atomic mass is 10.2. The molecule has 0 spiro atoms. The van der Waals surface area contributed by atoms with Crippen molar-refractivity contribution >= 4 is 23.2 Å². The molecule has 0 atom stereocenters. The lowest BCUT2D eigenvalue weighted by Crippen LogP contribution is -2.29. The van der Waals surface area contributed by atoms with E-state index in [1.165, 1.54) is 0 Å². The van der Waals surface area contributed by atoms with Crippen LogP contribution in [0, 0.1) is 0 Å². The number of rotatable bonds is 7. The Morgan fingerprint density at radius 1 is 1.05 bits per heavy atom. The molecular formula is C16H19N3O3. The van der Waals surface area contributed by atoms with Crippen LogP contribution in [0.4, 0.5) is 11.4 Å². The van der Waals surface area contributed by atoms with Crippen LogP contribution < -0.4 is 16.0 Å². The Bertz CT molecular complexity index is 606. The number of carbonyl (C=O) groups is 2. The van der Waals surface area contributed by atoms with E-state index in [-0.39, 0.29) is 18.4 Å². The number of hydrogen-bond donors (Lipinski definition) is 3. The molecule has 1 aromatic carbocycles. The molecule has 1 aromatic heterocycles. The van der Waals surface area contributed by atoms with Crippen LogP contribution in [0.3, 0.4) is 0 Å². The van der Waals surface area contributed by atoms with Crippen LogP contribution in [0.1, 0.15) is 19.1 Å². The largest absolute Gasteiger partial charge is 0.467 e. The van der Waals surface area contributed by atoms with Crippen LogP contribution in [0.25, 0.3) is 0 Å². The van der Waals surface area contributed by atoms with E-state index in [1.807, 2.05) is 12.1 Å². The summed E-state index contributed by atoms with van der Waals surface area (Å²) in [6.07, 6.45) is 2.01. The van der Waals surface area contributed by atoms with Crippen LogP contribution in [0.5, 0.6) is 0 Å². The van der Waals surface area contributed by atoms with Crippen LogP contribution in [-0.2, 0) is 16.1 Å². The zero-order valence-corrected chi connectivity index (χ0v) is 12.4. The van der Waals surface area contributed by atoms with Gasteiger partial charge >= 0.3 is 0 Å². The van der Waals surface area contributed by atoms with Crippen LogP contribution in [-0.4, -0.2) is 18.4 Å². The van der Waals surface area contributed by atoms with E-state index in [0.29, 0.717) is 18.7 Å². The summed E-state index contributed by atoms with van der Waals surface area (Å²) in [5, 5.41) is 8.53. The first-order valence-corrected chi connectivity index (χ1v) is 7.10. The van der Waals surface area contributed by atoms with Gasteiger partial charge in [-0.3, -0.25) is 9.59 Å². The Hall–Kier alpha value is -2.76. The summed E-state index contributed by atoms with van der Waals surface area (Å²) in [4.78, 5) is 23.0. The first-order chi connectivity index (χ1) is 10.7. The lowest BCUT2D eigenvalue weighted by molar-refractivity contribution is -0.119. The predicted molar refractivity (Wildman–Crippen MR) is 84.4 cm³/mol. The summed E-state index contributed by atoms with van der Waals surface area (Å²) in [6.45, 7) is 2.34. The third-order valence-corrected chi connectivity index (χ3v) is 2.98. The summed E-state index contributed by atoms with van der Waals surface area (Å²) >= 11 is 0. The van der Waals surface area contributed by atoms with Gasteiger partial charge < -0.3 is 20.4 Å². The molecule has 2 rings (SSSR count). The number of benzene rings is 1. The molecule has 0 fully saturated rings. The molecule has 1 heterocycles. The Kier molecular flexibility index (Phi) is 5.59. The molecule has 2 aromatic rings. The first-order valence-electron chi connectivity index (χ1n) is 7.10. The molecule has 22 heavy (non-hydrogen) atoms. The average molecular weight is 301 g/mol. The summed E-state index contributed by atoms with van der Waals surface area (Å²) in [5.74, 6) is 0.558. The summed E-state index contributed by atoms with van der Waals surface area (Å²) in [6, 6.07) is 10.8. The minimum Gasteiger partial charge on any atom is -0.467 e. The van der Waals surface area contributed by atoms with Gasteiger partial charge in [0.15, 0.2) is 0 Å². The Balaban J connectivity index is 1.74. The van der Waals surface area contributed by atoms with E-state index in [0.717, 1.165) is 11.4 Å². The second-order valence-electron chi connectivity index (χ2n) is 4.69. The molecule has 6 nitrogen and oxygen atoms in total. The maximum absolute atomic E-state index is 11.7. The molecule has 3 N–H and O–H groups in total. The molecule has 0 aliphatic carbocycles. The fraction of sp³-hybridized carbons (Fsp3) is 0.250. The minimum absolute atomic E-state index is 0.0296. The number of nitrogens with one attached hydrogen (secondary N) is 3. The van der Waals surface area contributed by atoms with Crippen molar-refractivity contribution in [2.45, 2.75) is 19.9 Å². The molecule has 0 saturated carbocycles. The molecular weight excluding hydrogens is 282 g/mol. The van der Waals surface area contributed by atoms with Gasteiger partial charge in [-0.05, 0) is 36.4 Å². The number of anilines is 2. The van der Waals surface area contributed by atoms with Crippen LogP contribution in [0.2, 0.25) is 0 Å². The molecule has 6 heteroatoms. The highest BCUT2D eigenvalue weighted by atomic mass is 16.3. The Morgan fingerprint density at radius 2 is 1.77 bits per heavy atom. The second-order valence-corrected chi connectivity index (χ2v) is 4.69. The SMILES string of the molecule is CCC(=O)Nc1ccc(NCC(=O)NCc2ccco2)cc1. The van der Waals surface area contributed by atoms with Crippen molar-refractivity contribution < 1.29 is 14.0 Å². The number of furan rings is 1. The van der Waals surface area contributed by atoms with Crippen molar-refractivity contribution in [3.63, 3.8) is 0 Å². The topological polar surface area (TPSA) is 83.4 Å². The molecule has 0 unspecified atom stereocenters. The first kappa shape index (κ1) is 15.6. The van der Waals surface area contributed by atoms with Crippen molar-refractivity contribution in [3.8, 4) is 0 Å².